The second-order valence-corrected chi connectivity index (χ2v) is 6.86. The third-order valence-corrected chi connectivity index (χ3v) is 4.53. The Morgan fingerprint density at radius 2 is 1.73 bits per heavy atom. The maximum absolute atomic E-state index is 12.5. The molecule has 8 heteroatoms. The van der Waals surface area contributed by atoms with Gasteiger partial charge in [0.2, 0.25) is 11.8 Å². The fraction of sp³-hybridized carbons (Fsp3) is 0.167. The number of nitrogens with two attached hydrogens (primary N) is 1. The van der Waals surface area contributed by atoms with E-state index in [1.165, 1.54) is 0 Å². The molecule has 0 radical (unpaired) electrons. The van der Waals surface area contributed by atoms with Crippen LogP contribution in [0.1, 0.15) is 6.42 Å². The Balaban J connectivity index is 1.64. The van der Waals surface area contributed by atoms with Crippen molar-refractivity contribution < 1.29 is 14.4 Å². The average Bonchev–Trinajstić information content (AvgIpc) is 2.98. The minimum atomic E-state index is -0.654. The van der Waals surface area contributed by atoms with Gasteiger partial charge in [0.25, 0.3) is 0 Å². The Morgan fingerprint density at radius 3 is 2.35 bits per heavy atom. The monoisotopic (exact) mass is 416 g/mol. The highest BCUT2D eigenvalue weighted by atomic mass is 79.9. The third-order valence-electron chi connectivity index (χ3n) is 4.04. The summed E-state index contributed by atoms with van der Waals surface area (Å²) in [6, 6.07) is 13.3. The van der Waals surface area contributed by atoms with Crippen LogP contribution in [0.15, 0.2) is 53.0 Å². The molecule has 4 N–H and O–H groups in total. The van der Waals surface area contributed by atoms with Crippen LogP contribution < -0.4 is 21.3 Å². The molecule has 1 saturated heterocycles. The van der Waals surface area contributed by atoms with Gasteiger partial charge in [-0.3, -0.25) is 9.59 Å². The summed E-state index contributed by atoms with van der Waals surface area (Å²) < 4.78 is 0.875. The van der Waals surface area contributed by atoms with E-state index < -0.39 is 11.9 Å². The fourth-order valence-electron chi connectivity index (χ4n) is 2.80. The number of amides is 4. The zero-order valence-corrected chi connectivity index (χ0v) is 15.3. The number of carbonyl (C=O) groups excluding carboxylic acids is 3. The first-order valence-corrected chi connectivity index (χ1v) is 8.75. The summed E-state index contributed by atoms with van der Waals surface area (Å²) in [5.74, 6) is -0.722. The fourth-order valence-corrected chi connectivity index (χ4v) is 3.19. The van der Waals surface area contributed by atoms with Gasteiger partial charge < -0.3 is 21.3 Å². The number of benzene rings is 2. The van der Waals surface area contributed by atoms with E-state index in [0.29, 0.717) is 17.9 Å². The molecule has 1 unspecified atom stereocenters. The maximum Gasteiger partial charge on any atom is 0.316 e. The average molecular weight is 417 g/mol. The lowest BCUT2D eigenvalue weighted by molar-refractivity contribution is -0.122. The summed E-state index contributed by atoms with van der Waals surface area (Å²) in [5, 5.41) is 5.24. The van der Waals surface area contributed by atoms with E-state index in [0.717, 1.165) is 10.2 Å². The molecule has 0 aliphatic carbocycles. The van der Waals surface area contributed by atoms with Crippen molar-refractivity contribution in [3.8, 4) is 0 Å². The highest BCUT2D eigenvalue weighted by molar-refractivity contribution is 9.10. The van der Waals surface area contributed by atoms with Crippen LogP contribution in [0.25, 0.3) is 0 Å². The molecule has 0 spiro atoms. The zero-order chi connectivity index (χ0) is 18.7. The van der Waals surface area contributed by atoms with E-state index in [-0.39, 0.29) is 18.2 Å². The van der Waals surface area contributed by atoms with E-state index in [2.05, 4.69) is 26.6 Å². The van der Waals surface area contributed by atoms with Gasteiger partial charge in [0.15, 0.2) is 0 Å². The minimum Gasteiger partial charge on any atom is -0.351 e. The molecular weight excluding hydrogens is 400 g/mol. The number of primary amides is 1. The van der Waals surface area contributed by atoms with Gasteiger partial charge in [0, 0.05) is 34.5 Å². The standard InChI is InChI=1S/C18H17BrN4O3/c19-12-2-1-3-15(9-12)23-10-11(8-16(23)24)17(25)21-13-4-6-14(7-5-13)22-18(20)26/h1-7,9,11H,8,10H2,(H,21,25)(H3,20,22,26). The molecule has 7 nitrogen and oxygen atoms in total. The summed E-state index contributed by atoms with van der Waals surface area (Å²) >= 11 is 3.39. The normalized spacial score (nSPS) is 16.4. The molecule has 0 aromatic heterocycles. The van der Waals surface area contributed by atoms with Crippen LogP contribution in [0, 0.1) is 5.92 Å². The molecule has 3 rings (SSSR count). The van der Waals surface area contributed by atoms with E-state index in [9.17, 15) is 14.4 Å². The van der Waals surface area contributed by atoms with Crippen LogP contribution in [-0.4, -0.2) is 24.4 Å². The Morgan fingerprint density at radius 1 is 1.08 bits per heavy atom. The molecule has 0 bridgehead atoms. The second-order valence-electron chi connectivity index (χ2n) is 5.94. The number of nitrogens with zero attached hydrogens (tertiary/aromatic N) is 1. The lowest BCUT2D eigenvalue weighted by atomic mass is 10.1. The molecule has 1 aliphatic rings. The van der Waals surface area contributed by atoms with Crippen molar-refractivity contribution in [2.24, 2.45) is 11.7 Å². The molecule has 0 saturated carbocycles. The first kappa shape index (κ1) is 17.9. The van der Waals surface area contributed by atoms with Gasteiger partial charge in [-0.2, -0.15) is 0 Å². The Hall–Kier alpha value is -2.87. The number of rotatable bonds is 4. The highest BCUT2D eigenvalue weighted by Gasteiger charge is 2.35. The molecule has 1 aliphatic heterocycles. The van der Waals surface area contributed by atoms with Crippen LogP contribution >= 0.6 is 15.9 Å². The van der Waals surface area contributed by atoms with Crippen LogP contribution in [-0.2, 0) is 9.59 Å². The van der Waals surface area contributed by atoms with Gasteiger partial charge in [-0.25, -0.2) is 4.79 Å². The number of halogens is 1. The van der Waals surface area contributed by atoms with E-state index in [4.69, 9.17) is 5.73 Å². The molecule has 2 aromatic rings. The van der Waals surface area contributed by atoms with Crippen LogP contribution in [0.3, 0.4) is 0 Å². The highest BCUT2D eigenvalue weighted by Crippen LogP contribution is 2.28. The van der Waals surface area contributed by atoms with Gasteiger partial charge in [-0.15, -0.1) is 0 Å². The van der Waals surface area contributed by atoms with Gasteiger partial charge in [0.1, 0.15) is 0 Å². The number of hydrogen-bond acceptors (Lipinski definition) is 3. The molecule has 1 fully saturated rings. The molecule has 26 heavy (non-hydrogen) atoms. The predicted molar refractivity (Wildman–Crippen MR) is 103 cm³/mol. The third kappa shape index (κ3) is 4.20. The lowest BCUT2D eigenvalue weighted by Crippen LogP contribution is -2.28. The van der Waals surface area contributed by atoms with Crippen LogP contribution in [0.2, 0.25) is 0 Å². The summed E-state index contributed by atoms with van der Waals surface area (Å²) in [7, 11) is 0. The molecule has 134 valence electrons. The number of carbonyl (C=O) groups is 3. The van der Waals surface area contributed by atoms with Crippen molar-refractivity contribution in [3.63, 3.8) is 0 Å². The van der Waals surface area contributed by atoms with Gasteiger partial charge in [0.05, 0.1) is 5.92 Å². The number of anilines is 3. The molecule has 1 atom stereocenters. The summed E-state index contributed by atoms with van der Waals surface area (Å²) in [6.45, 7) is 0.336. The summed E-state index contributed by atoms with van der Waals surface area (Å²) in [5.41, 5.74) is 6.93. The predicted octanol–water partition coefficient (Wildman–Crippen LogP) is 2.93. The van der Waals surface area contributed by atoms with Gasteiger partial charge in [-0.05, 0) is 42.5 Å². The Bertz CT molecular complexity index is 854. The molecule has 2 aromatic carbocycles. The molecular formula is C18H17BrN4O3. The summed E-state index contributed by atoms with van der Waals surface area (Å²) in [6.07, 6.45) is 0.166. The Labute approximate surface area is 158 Å². The smallest absolute Gasteiger partial charge is 0.316 e. The lowest BCUT2D eigenvalue weighted by Gasteiger charge is -2.17. The van der Waals surface area contributed by atoms with Gasteiger partial charge >= 0.3 is 6.03 Å². The molecule has 4 amide bonds. The quantitative estimate of drug-likeness (QED) is 0.713. The SMILES string of the molecule is NC(=O)Nc1ccc(NC(=O)C2CC(=O)N(c3cccc(Br)c3)C2)cc1. The first-order chi connectivity index (χ1) is 12.4. The van der Waals surface area contributed by atoms with Crippen molar-refractivity contribution in [2.75, 3.05) is 22.1 Å². The minimum absolute atomic E-state index is 0.0794. The van der Waals surface area contributed by atoms with Crippen molar-refractivity contribution in [1.82, 2.24) is 0 Å². The van der Waals surface area contributed by atoms with E-state index in [1.807, 2.05) is 24.3 Å². The van der Waals surface area contributed by atoms with Crippen LogP contribution in [0.4, 0.5) is 21.9 Å². The summed E-state index contributed by atoms with van der Waals surface area (Å²) in [4.78, 5) is 37.2. The van der Waals surface area contributed by atoms with Crippen molar-refractivity contribution in [1.29, 1.82) is 0 Å². The number of urea groups is 1. The van der Waals surface area contributed by atoms with Crippen LogP contribution in [0.5, 0.6) is 0 Å². The first-order valence-electron chi connectivity index (χ1n) is 7.95. The van der Waals surface area contributed by atoms with Crippen molar-refractivity contribution in [3.05, 3.63) is 53.0 Å². The number of nitrogens with one attached hydrogen (secondary N) is 2. The maximum atomic E-state index is 12.5. The molecule has 1 heterocycles. The van der Waals surface area contributed by atoms with Crippen molar-refractivity contribution in [2.45, 2.75) is 6.42 Å². The number of hydrogen-bond donors (Lipinski definition) is 3. The largest absolute Gasteiger partial charge is 0.351 e. The van der Waals surface area contributed by atoms with Gasteiger partial charge in [-0.1, -0.05) is 22.0 Å². The van der Waals surface area contributed by atoms with Crippen molar-refractivity contribution >= 4 is 50.8 Å². The van der Waals surface area contributed by atoms with E-state index in [1.54, 1.807) is 29.2 Å². The zero-order valence-electron chi connectivity index (χ0n) is 13.7. The van der Waals surface area contributed by atoms with E-state index >= 15 is 0 Å². The topological polar surface area (TPSA) is 105 Å². The second kappa shape index (κ2) is 7.57. The Kier molecular flexibility index (Phi) is 5.22.